The third kappa shape index (κ3) is 4.29. The Hall–Kier alpha value is -1.19. The molecule has 0 aromatic heterocycles. The van der Waals surface area contributed by atoms with E-state index in [4.69, 9.17) is 0 Å². The summed E-state index contributed by atoms with van der Waals surface area (Å²) in [5.74, 6) is -1.09. The van der Waals surface area contributed by atoms with Gasteiger partial charge in [-0.3, -0.25) is 4.84 Å². The van der Waals surface area contributed by atoms with E-state index in [9.17, 15) is 26.0 Å². The highest BCUT2D eigenvalue weighted by molar-refractivity contribution is 7.89. The largest absolute Gasteiger partial charge is 0.413 e. The fraction of sp³-hybridized carbons (Fsp3) is 0.250. The van der Waals surface area contributed by atoms with Crippen molar-refractivity contribution >= 4 is 10.0 Å². The fourth-order valence-corrected chi connectivity index (χ4v) is 1.78. The van der Waals surface area contributed by atoms with Crippen LogP contribution in [0, 0.1) is 5.82 Å². The maximum Gasteiger partial charge on any atom is 0.413 e. The molecule has 0 aliphatic rings. The Morgan fingerprint density at radius 1 is 1.24 bits per heavy atom. The number of hydrogen-bond donors (Lipinski definition) is 1. The van der Waals surface area contributed by atoms with E-state index in [1.165, 1.54) is 17.0 Å². The standard InChI is InChI=1S/C8H7F4NO3S/c9-6-3-1-2-4-7(6)17(14,15)13-16-5-8(10,11)12/h1-4,13H,5H2. The first-order valence-electron chi connectivity index (χ1n) is 4.17. The Morgan fingerprint density at radius 2 is 1.82 bits per heavy atom. The SMILES string of the molecule is O=S(=O)(NOCC(F)(F)F)c1ccccc1F. The molecule has 0 aliphatic heterocycles. The molecule has 17 heavy (non-hydrogen) atoms. The van der Waals surface area contributed by atoms with E-state index in [-0.39, 0.29) is 0 Å². The van der Waals surface area contributed by atoms with Crippen LogP contribution in [0.5, 0.6) is 0 Å². The smallest absolute Gasteiger partial charge is 0.277 e. The Labute approximate surface area is 94.2 Å². The summed E-state index contributed by atoms with van der Waals surface area (Å²) in [6.07, 6.45) is -4.68. The number of alkyl halides is 3. The summed E-state index contributed by atoms with van der Waals surface area (Å²) in [7, 11) is -4.46. The molecule has 4 nitrogen and oxygen atoms in total. The number of hydrogen-bond acceptors (Lipinski definition) is 3. The zero-order valence-corrected chi connectivity index (χ0v) is 8.98. The minimum absolute atomic E-state index is 0.790. The molecule has 0 saturated carbocycles. The molecule has 0 spiro atoms. The van der Waals surface area contributed by atoms with Crippen LogP contribution in [-0.4, -0.2) is 21.2 Å². The topological polar surface area (TPSA) is 55.4 Å². The molecule has 96 valence electrons. The summed E-state index contributed by atoms with van der Waals surface area (Å²) >= 11 is 0. The van der Waals surface area contributed by atoms with Gasteiger partial charge in [0.05, 0.1) is 0 Å². The normalized spacial score (nSPS) is 12.7. The molecule has 1 rings (SSSR count). The van der Waals surface area contributed by atoms with Gasteiger partial charge < -0.3 is 0 Å². The van der Waals surface area contributed by atoms with E-state index in [1.54, 1.807) is 0 Å². The van der Waals surface area contributed by atoms with Crippen molar-refractivity contribution in [1.82, 2.24) is 4.89 Å². The van der Waals surface area contributed by atoms with Gasteiger partial charge in [-0.2, -0.15) is 13.2 Å². The zero-order valence-electron chi connectivity index (χ0n) is 8.16. The van der Waals surface area contributed by atoms with Crippen molar-refractivity contribution in [2.75, 3.05) is 6.61 Å². The van der Waals surface area contributed by atoms with Gasteiger partial charge in [-0.05, 0) is 12.1 Å². The van der Waals surface area contributed by atoms with E-state index in [0.717, 1.165) is 12.1 Å². The Balaban J connectivity index is 2.74. The summed E-state index contributed by atoms with van der Waals surface area (Å²) in [5, 5.41) is 0. The average Bonchev–Trinajstić information content (AvgIpc) is 2.15. The molecule has 0 radical (unpaired) electrons. The summed E-state index contributed by atoms with van der Waals surface area (Å²) in [5.41, 5.74) is 0. The van der Waals surface area contributed by atoms with Crippen molar-refractivity contribution in [3.63, 3.8) is 0 Å². The summed E-state index contributed by atoms with van der Waals surface area (Å²) in [6.45, 7) is -1.80. The van der Waals surface area contributed by atoms with E-state index in [2.05, 4.69) is 4.84 Å². The number of nitrogens with one attached hydrogen (secondary N) is 1. The van der Waals surface area contributed by atoms with Crippen LogP contribution < -0.4 is 4.89 Å². The average molecular weight is 273 g/mol. The van der Waals surface area contributed by atoms with Crippen molar-refractivity contribution in [2.24, 2.45) is 0 Å². The van der Waals surface area contributed by atoms with Crippen LogP contribution in [0.3, 0.4) is 0 Å². The molecule has 0 fully saturated rings. The van der Waals surface area contributed by atoms with E-state index < -0.39 is 33.5 Å². The van der Waals surface area contributed by atoms with Gasteiger partial charge in [0.2, 0.25) is 0 Å². The molecule has 1 N–H and O–H groups in total. The predicted molar refractivity (Wildman–Crippen MR) is 48.7 cm³/mol. The molecular weight excluding hydrogens is 266 g/mol. The number of benzene rings is 1. The second kappa shape index (κ2) is 4.98. The molecule has 0 atom stereocenters. The highest BCUT2D eigenvalue weighted by Gasteiger charge is 2.29. The Morgan fingerprint density at radius 3 is 2.35 bits per heavy atom. The monoisotopic (exact) mass is 273 g/mol. The number of rotatable bonds is 4. The third-order valence-corrected chi connectivity index (χ3v) is 2.78. The second-order valence-electron chi connectivity index (χ2n) is 2.92. The predicted octanol–water partition coefficient (Wildman–Crippen LogP) is 1.60. The maximum atomic E-state index is 13.0. The van der Waals surface area contributed by atoms with Gasteiger partial charge in [0.25, 0.3) is 10.0 Å². The molecule has 9 heteroatoms. The lowest BCUT2D eigenvalue weighted by atomic mass is 10.4. The first kappa shape index (κ1) is 13.9. The maximum absolute atomic E-state index is 13.0. The van der Waals surface area contributed by atoms with Crippen LogP contribution in [0.4, 0.5) is 17.6 Å². The second-order valence-corrected chi connectivity index (χ2v) is 4.53. The van der Waals surface area contributed by atoms with Crippen molar-refractivity contribution < 1.29 is 30.8 Å². The highest BCUT2D eigenvalue weighted by atomic mass is 32.2. The zero-order chi connectivity index (χ0) is 13.1. The molecule has 1 aromatic carbocycles. The molecular formula is C8H7F4NO3S. The molecule has 0 bridgehead atoms. The van der Waals surface area contributed by atoms with Crippen LogP contribution in [0.25, 0.3) is 0 Å². The summed E-state index contributed by atoms with van der Waals surface area (Å²) < 4.78 is 70.7. The summed E-state index contributed by atoms with van der Waals surface area (Å²) in [4.78, 5) is 4.14. The van der Waals surface area contributed by atoms with Crippen molar-refractivity contribution in [1.29, 1.82) is 0 Å². The quantitative estimate of drug-likeness (QED) is 0.669. The van der Waals surface area contributed by atoms with Crippen molar-refractivity contribution in [2.45, 2.75) is 11.1 Å². The summed E-state index contributed by atoms with van der Waals surface area (Å²) in [6, 6.07) is 4.22. The molecule has 0 amide bonds. The lowest BCUT2D eigenvalue weighted by Crippen LogP contribution is -2.30. The van der Waals surface area contributed by atoms with Crippen LogP contribution >= 0.6 is 0 Å². The van der Waals surface area contributed by atoms with Gasteiger partial charge >= 0.3 is 6.18 Å². The molecule has 0 heterocycles. The van der Waals surface area contributed by atoms with Gasteiger partial charge in [-0.15, -0.1) is 0 Å². The Kier molecular flexibility index (Phi) is 4.07. The van der Waals surface area contributed by atoms with E-state index in [0.29, 0.717) is 0 Å². The van der Waals surface area contributed by atoms with Crippen LogP contribution in [0.1, 0.15) is 0 Å². The van der Waals surface area contributed by atoms with Crippen molar-refractivity contribution in [3.05, 3.63) is 30.1 Å². The van der Waals surface area contributed by atoms with Gasteiger partial charge in [0, 0.05) is 0 Å². The van der Waals surface area contributed by atoms with Gasteiger partial charge in [-0.25, -0.2) is 12.8 Å². The van der Waals surface area contributed by atoms with Crippen LogP contribution in [0.2, 0.25) is 0 Å². The third-order valence-electron chi connectivity index (χ3n) is 1.53. The van der Waals surface area contributed by atoms with Crippen molar-refractivity contribution in [3.8, 4) is 0 Å². The lowest BCUT2D eigenvalue weighted by Gasteiger charge is -2.09. The first-order valence-corrected chi connectivity index (χ1v) is 5.65. The first-order chi connectivity index (χ1) is 7.72. The molecule has 1 aromatic rings. The van der Waals surface area contributed by atoms with E-state index in [1.807, 2.05) is 0 Å². The minimum atomic E-state index is -4.68. The molecule has 0 saturated heterocycles. The number of halogens is 4. The van der Waals surface area contributed by atoms with Gasteiger partial charge in [-0.1, -0.05) is 17.0 Å². The molecule has 0 unspecified atom stereocenters. The van der Waals surface area contributed by atoms with Gasteiger partial charge in [0.15, 0.2) is 6.61 Å². The van der Waals surface area contributed by atoms with Gasteiger partial charge in [0.1, 0.15) is 10.7 Å². The van der Waals surface area contributed by atoms with E-state index >= 15 is 0 Å². The van der Waals surface area contributed by atoms with Crippen LogP contribution in [-0.2, 0) is 14.9 Å². The van der Waals surface area contributed by atoms with Crippen LogP contribution in [0.15, 0.2) is 29.2 Å². The Bertz CT molecular complexity index is 486. The number of sulfonamides is 1. The lowest BCUT2D eigenvalue weighted by molar-refractivity contribution is -0.181. The molecule has 0 aliphatic carbocycles. The highest BCUT2D eigenvalue weighted by Crippen LogP contribution is 2.16. The fourth-order valence-electron chi connectivity index (χ4n) is 0.896. The minimum Gasteiger partial charge on any atom is -0.277 e.